The number of carbonyl (C=O) groups is 4. The van der Waals surface area contributed by atoms with Crippen molar-refractivity contribution in [1.82, 2.24) is 20.2 Å². The van der Waals surface area contributed by atoms with Gasteiger partial charge in [-0.2, -0.15) is 0 Å². The third-order valence-electron chi connectivity index (χ3n) is 7.11. The van der Waals surface area contributed by atoms with E-state index >= 15 is 0 Å². The van der Waals surface area contributed by atoms with Crippen LogP contribution in [0.1, 0.15) is 60.6 Å². The van der Waals surface area contributed by atoms with E-state index in [1.165, 1.54) is 6.20 Å². The summed E-state index contributed by atoms with van der Waals surface area (Å²) in [6.45, 7) is 4.08. The number of amides is 2. The predicted octanol–water partition coefficient (Wildman–Crippen LogP) is 1.92. The number of nitrogens with zero attached hydrogens (tertiary/aromatic N) is 2. The fraction of sp³-hybridized carbons (Fsp3) is 0.480. The Morgan fingerprint density at radius 3 is 2.76 bits per heavy atom. The molecule has 9 nitrogen and oxygen atoms in total. The summed E-state index contributed by atoms with van der Waals surface area (Å²) in [6, 6.07) is 3.99. The van der Waals surface area contributed by atoms with Gasteiger partial charge in [0.2, 0.25) is 5.91 Å². The molecule has 0 fully saturated rings. The van der Waals surface area contributed by atoms with Gasteiger partial charge < -0.3 is 20.3 Å². The Bertz CT molecular complexity index is 1100. The van der Waals surface area contributed by atoms with Crippen molar-refractivity contribution in [2.24, 2.45) is 11.8 Å². The Morgan fingerprint density at radius 2 is 2.09 bits per heavy atom. The summed E-state index contributed by atoms with van der Waals surface area (Å²) >= 11 is 0. The van der Waals surface area contributed by atoms with Gasteiger partial charge in [0.15, 0.2) is 0 Å². The second-order valence-corrected chi connectivity index (χ2v) is 9.29. The smallest absolute Gasteiger partial charge is 0.308 e. The Kier molecular flexibility index (Phi) is 6.81. The zero-order valence-electron chi connectivity index (χ0n) is 19.4. The first-order valence-electron chi connectivity index (χ1n) is 11.7. The van der Waals surface area contributed by atoms with Gasteiger partial charge in [-0.25, -0.2) is 0 Å². The average molecular weight is 467 g/mol. The number of pyridine rings is 1. The number of carboxylic acid groups (broad SMARTS) is 1. The maximum atomic E-state index is 13.4. The zero-order valence-corrected chi connectivity index (χ0v) is 19.4. The molecule has 4 rings (SSSR count). The van der Waals surface area contributed by atoms with Gasteiger partial charge in [0.1, 0.15) is 11.8 Å². The Labute approximate surface area is 197 Å². The predicted molar refractivity (Wildman–Crippen MR) is 123 cm³/mol. The van der Waals surface area contributed by atoms with Crippen molar-refractivity contribution in [3.8, 4) is 0 Å². The molecule has 34 heavy (non-hydrogen) atoms. The second-order valence-electron chi connectivity index (χ2n) is 9.29. The maximum Gasteiger partial charge on any atom is 0.308 e. The number of aryl methyl sites for hydroxylation is 1. The number of carbonyl (C=O) groups excluding carboxylic acids is 3. The Balaban J connectivity index is 1.56. The summed E-state index contributed by atoms with van der Waals surface area (Å²) in [4.78, 5) is 55.0. The van der Waals surface area contributed by atoms with E-state index in [1.807, 2.05) is 30.7 Å². The van der Waals surface area contributed by atoms with Gasteiger partial charge in [0.05, 0.1) is 17.4 Å². The van der Waals surface area contributed by atoms with Crippen LogP contribution in [0.3, 0.4) is 0 Å². The third kappa shape index (κ3) is 4.60. The number of aromatic nitrogens is 2. The topological polar surface area (TPSA) is 130 Å². The number of Topliss-reactive ketones (excluding diaryl/α,β-unsaturated/α-hetero) is 1. The van der Waals surface area contributed by atoms with Crippen LogP contribution in [0.5, 0.6) is 0 Å². The van der Waals surface area contributed by atoms with Crippen LogP contribution >= 0.6 is 0 Å². The molecule has 2 aliphatic rings. The number of hydrogen-bond acceptors (Lipinski definition) is 5. The highest BCUT2D eigenvalue weighted by Gasteiger charge is 2.43. The van der Waals surface area contributed by atoms with Crippen molar-refractivity contribution in [1.29, 1.82) is 0 Å². The van der Waals surface area contributed by atoms with E-state index in [1.54, 1.807) is 18.3 Å². The molecule has 9 heteroatoms. The summed E-state index contributed by atoms with van der Waals surface area (Å²) in [5.74, 6) is -3.42. The van der Waals surface area contributed by atoms with Gasteiger partial charge in [0, 0.05) is 43.3 Å². The lowest BCUT2D eigenvalue weighted by Gasteiger charge is -2.34. The monoisotopic (exact) mass is 466 g/mol. The van der Waals surface area contributed by atoms with E-state index in [2.05, 4.69) is 15.6 Å². The number of ketones is 1. The van der Waals surface area contributed by atoms with E-state index in [4.69, 9.17) is 0 Å². The Hall–Kier alpha value is -3.49. The van der Waals surface area contributed by atoms with E-state index < -0.39 is 29.9 Å². The molecule has 2 aromatic rings. The van der Waals surface area contributed by atoms with Crippen molar-refractivity contribution < 1.29 is 24.3 Å². The summed E-state index contributed by atoms with van der Waals surface area (Å²) in [5, 5.41) is 15.4. The van der Waals surface area contributed by atoms with Crippen LogP contribution in [-0.2, 0) is 27.3 Å². The SMILES string of the molecule is CCC(C)C(NC(=O)c1cccnc1)C(=O)N[C@H]1CCc2ccn3c2C1C(=O)C[C@H](C(=O)O)C3. The standard InChI is InChI=1S/C25H30N4O5/c1-3-14(2)21(28-23(31)16-5-4-9-26-12-16)24(32)27-18-7-6-15-8-10-29-13-17(25(33)34)11-19(30)20(18)22(15)29/h4-5,8-10,12,14,17-18,20-21H,3,6-7,11,13H2,1-2H3,(H,27,32)(H,28,31)(H,33,34)/t14?,17-,18-,20?,21?/m0/s1. The molecule has 3 N–H and O–H groups in total. The number of aliphatic carboxylic acids is 1. The molecule has 3 heterocycles. The van der Waals surface area contributed by atoms with E-state index in [-0.39, 0.29) is 36.5 Å². The molecule has 0 aromatic carbocycles. The quantitative estimate of drug-likeness (QED) is 0.572. The fourth-order valence-corrected chi connectivity index (χ4v) is 5.01. The van der Waals surface area contributed by atoms with Crippen LogP contribution in [0, 0.1) is 11.8 Å². The number of carboxylic acids is 1. The molecule has 0 saturated heterocycles. The molecule has 0 spiro atoms. The minimum absolute atomic E-state index is 0.0694. The van der Waals surface area contributed by atoms with Crippen LogP contribution in [0.25, 0.3) is 0 Å². The van der Waals surface area contributed by atoms with Crippen LogP contribution in [0.4, 0.5) is 0 Å². The zero-order chi connectivity index (χ0) is 24.4. The molecule has 3 unspecified atom stereocenters. The van der Waals surface area contributed by atoms with Crippen molar-refractivity contribution in [3.63, 3.8) is 0 Å². The van der Waals surface area contributed by atoms with Gasteiger partial charge in [0.25, 0.3) is 5.91 Å². The maximum absolute atomic E-state index is 13.4. The van der Waals surface area contributed by atoms with E-state index in [0.29, 0.717) is 24.8 Å². The molecule has 180 valence electrons. The third-order valence-corrected chi connectivity index (χ3v) is 7.11. The van der Waals surface area contributed by atoms with Crippen molar-refractivity contribution in [2.75, 3.05) is 0 Å². The van der Waals surface area contributed by atoms with Crippen LogP contribution < -0.4 is 10.6 Å². The van der Waals surface area contributed by atoms with Gasteiger partial charge in [-0.3, -0.25) is 24.2 Å². The molecule has 0 saturated carbocycles. The van der Waals surface area contributed by atoms with Gasteiger partial charge >= 0.3 is 5.97 Å². The lowest BCUT2D eigenvalue weighted by atomic mass is 9.79. The minimum Gasteiger partial charge on any atom is -0.481 e. The molecule has 1 aliphatic heterocycles. The van der Waals surface area contributed by atoms with Crippen molar-refractivity contribution in [2.45, 2.75) is 64.1 Å². The molecule has 5 atom stereocenters. The molecule has 0 bridgehead atoms. The molecule has 0 radical (unpaired) electrons. The largest absolute Gasteiger partial charge is 0.481 e. The van der Waals surface area contributed by atoms with Gasteiger partial charge in [-0.15, -0.1) is 0 Å². The normalized spacial score (nSPS) is 23.2. The van der Waals surface area contributed by atoms with E-state index in [0.717, 1.165) is 11.3 Å². The fourth-order valence-electron chi connectivity index (χ4n) is 5.01. The second kappa shape index (κ2) is 9.79. The van der Waals surface area contributed by atoms with Gasteiger partial charge in [-0.05, 0) is 42.5 Å². The first-order chi connectivity index (χ1) is 16.3. The molecular weight excluding hydrogens is 436 g/mol. The van der Waals surface area contributed by atoms with E-state index in [9.17, 15) is 24.3 Å². The average Bonchev–Trinajstić information content (AvgIpc) is 3.16. The summed E-state index contributed by atoms with van der Waals surface area (Å²) < 4.78 is 1.86. The highest BCUT2D eigenvalue weighted by Crippen LogP contribution is 2.38. The lowest BCUT2D eigenvalue weighted by Crippen LogP contribution is -2.55. The van der Waals surface area contributed by atoms with Crippen molar-refractivity contribution >= 4 is 23.6 Å². The van der Waals surface area contributed by atoms with Crippen molar-refractivity contribution in [3.05, 3.63) is 53.6 Å². The molecule has 1 aliphatic carbocycles. The minimum atomic E-state index is -0.995. The number of hydrogen-bond donors (Lipinski definition) is 3. The Morgan fingerprint density at radius 1 is 1.29 bits per heavy atom. The molecular formula is C25H30N4O5. The van der Waals surface area contributed by atoms with Gasteiger partial charge in [-0.1, -0.05) is 20.3 Å². The highest BCUT2D eigenvalue weighted by molar-refractivity contribution is 5.98. The number of rotatable bonds is 7. The van der Waals surface area contributed by atoms with Crippen LogP contribution in [0.2, 0.25) is 0 Å². The van der Waals surface area contributed by atoms with Crippen LogP contribution in [-0.4, -0.2) is 50.3 Å². The molecule has 2 amide bonds. The number of nitrogens with one attached hydrogen (secondary N) is 2. The van der Waals surface area contributed by atoms with Crippen LogP contribution in [0.15, 0.2) is 36.8 Å². The lowest BCUT2D eigenvalue weighted by molar-refractivity contribution is -0.144. The first-order valence-corrected chi connectivity index (χ1v) is 11.7. The summed E-state index contributed by atoms with van der Waals surface area (Å²) in [7, 11) is 0. The summed E-state index contributed by atoms with van der Waals surface area (Å²) in [5.41, 5.74) is 2.20. The molecule has 2 aromatic heterocycles. The highest BCUT2D eigenvalue weighted by atomic mass is 16.4. The summed E-state index contributed by atoms with van der Waals surface area (Å²) in [6.07, 6.45) is 6.71. The first kappa shape index (κ1) is 23.7.